The van der Waals surface area contributed by atoms with Crippen molar-refractivity contribution in [3.8, 4) is 0 Å². The van der Waals surface area contributed by atoms with Crippen LogP contribution in [0.3, 0.4) is 0 Å². The average molecular weight is 346 g/mol. The number of anilines is 2. The highest BCUT2D eigenvalue weighted by Gasteiger charge is 2.22. The Kier molecular flexibility index (Phi) is 3.41. The Morgan fingerprint density at radius 2 is 1.81 bits per heavy atom. The van der Waals surface area contributed by atoms with E-state index in [4.69, 9.17) is 4.98 Å². The van der Waals surface area contributed by atoms with Crippen LogP contribution in [0.1, 0.15) is 5.82 Å². The third-order valence-electron chi connectivity index (χ3n) is 4.81. The van der Waals surface area contributed by atoms with Crippen molar-refractivity contribution >= 4 is 28.2 Å². The van der Waals surface area contributed by atoms with Gasteiger partial charge in [-0.15, -0.1) is 10.2 Å². The molecule has 130 valence electrons. The van der Waals surface area contributed by atoms with E-state index in [1.54, 1.807) is 18.7 Å². The van der Waals surface area contributed by atoms with Gasteiger partial charge in [-0.3, -0.25) is 9.38 Å². The summed E-state index contributed by atoms with van der Waals surface area (Å²) in [6.45, 7) is 5.54. The lowest BCUT2D eigenvalue weighted by Gasteiger charge is -2.37. The number of fused-ring (bicyclic) bond motifs is 2. The number of nitrogens with zero attached hydrogens (tertiary/aromatic N) is 8. The first kappa shape index (κ1) is 15.0. The third kappa shape index (κ3) is 2.42. The Labute approximate surface area is 150 Å². The lowest BCUT2D eigenvalue weighted by Crippen LogP contribution is -2.47. The molecule has 1 aliphatic rings. The zero-order valence-electron chi connectivity index (χ0n) is 14.4. The molecule has 26 heavy (non-hydrogen) atoms. The molecular formula is C18H18N8. The molecule has 0 aromatic carbocycles. The largest absolute Gasteiger partial charge is 0.354 e. The second kappa shape index (κ2) is 5.91. The summed E-state index contributed by atoms with van der Waals surface area (Å²) in [6, 6.07) is 8.10. The molecule has 5 rings (SSSR count). The molecule has 8 heteroatoms. The molecule has 4 aromatic heterocycles. The fraction of sp³-hybridized carbons (Fsp3) is 0.278. The van der Waals surface area contributed by atoms with E-state index in [1.165, 1.54) is 0 Å². The number of aryl methyl sites for hydroxylation is 1. The molecule has 1 aliphatic heterocycles. The molecule has 1 fully saturated rings. The molecule has 0 saturated carbocycles. The van der Waals surface area contributed by atoms with Crippen LogP contribution in [-0.4, -0.2) is 55.7 Å². The highest BCUT2D eigenvalue weighted by molar-refractivity contribution is 5.88. The van der Waals surface area contributed by atoms with Gasteiger partial charge in [0.1, 0.15) is 23.8 Å². The highest BCUT2D eigenvalue weighted by Crippen LogP contribution is 2.25. The maximum Gasteiger partial charge on any atom is 0.162 e. The summed E-state index contributed by atoms with van der Waals surface area (Å²) in [5, 5.41) is 9.21. The van der Waals surface area contributed by atoms with Crippen LogP contribution >= 0.6 is 0 Å². The Morgan fingerprint density at radius 3 is 2.69 bits per heavy atom. The number of aromatic nitrogens is 6. The topological polar surface area (TPSA) is 75.3 Å². The van der Waals surface area contributed by atoms with E-state index in [1.807, 2.05) is 29.5 Å². The second-order valence-corrected chi connectivity index (χ2v) is 6.40. The lowest BCUT2D eigenvalue weighted by atomic mass is 10.2. The first-order valence-corrected chi connectivity index (χ1v) is 8.66. The summed E-state index contributed by atoms with van der Waals surface area (Å²) in [5.74, 6) is 2.90. The number of rotatable bonds is 2. The molecule has 0 unspecified atom stereocenters. The monoisotopic (exact) mass is 346 g/mol. The summed E-state index contributed by atoms with van der Waals surface area (Å²) >= 11 is 0. The molecule has 1 saturated heterocycles. The zero-order valence-corrected chi connectivity index (χ0v) is 14.4. The molecule has 5 heterocycles. The van der Waals surface area contributed by atoms with Gasteiger partial charge in [-0.05, 0) is 25.1 Å². The standard InChI is InChI=1S/C18H18N8/c1-13-21-15-11-19-6-5-14(15)18(22-13)25-9-7-24(8-10-25)17-4-2-3-16-23-20-12-26(16)17/h2-6,11-12H,7-10H2,1H3. The first-order valence-electron chi connectivity index (χ1n) is 8.66. The van der Waals surface area contributed by atoms with Crippen molar-refractivity contribution in [2.45, 2.75) is 6.92 Å². The van der Waals surface area contributed by atoms with Crippen LogP contribution in [0.15, 0.2) is 43.0 Å². The van der Waals surface area contributed by atoms with Gasteiger partial charge in [0.2, 0.25) is 0 Å². The molecule has 0 spiro atoms. The number of piperazine rings is 1. The fourth-order valence-corrected chi connectivity index (χ4v) is 3.56. The second-order valence-electron chi connectivity index (χ2n) is 6.40. The van der Waals surface area contributed by atoms with Crippen molar-refractivity contribution in [1.82, 2.24) is 29.5 Å². The molecule has 4 aromatic rings. The third-order valence-corrected chi connectivity index (χ3v) is 4.81. The summed E-state index contributed by atoms with van der Waals surface area (Å²) in [4.78, 5) is 18.1. The molecule has 0 radical (unpaired) electrons. The van der Waals surface area contributed by atoms with E-state index in [0.29, 0.717) is 0 Å². The molecule has 8 nitrogen and oxygen atoms in total. The van der Waals surface area contributed by atoms with Crippen molar-refractivity contribution in [1.29, 1.82) is 0 Å². The van der Waals surface area contributed by atoms with Gasteiger partial charge in [0.05, 0.1) is 11.7 Å². The Bertz CT molecular complexity index is 1080. The predicted molar refractivity (Wildman–Crippen MR) is 99.5 cm³/mol. The Hall–Kier alpha value is -3.29. The van der Waals surface area contributed by atoms with Crippen molar-refractivity contribution in [2.75, 3.05) is 36.0 Å². The molecular weight excluding hydrogens is 328 g/mol. The normalized spacial score (nSPS) is 15.1. The van der Waals surface area contributed by atoms with Gasteiger partial charge >= 0.3 is 0 Å². The minimum absolute atomic E-state index is 0.775. The highest BCUT2D eigenvalue weighted by atomic mass is 15.3. The summed E-state index contributed by atoms with van der Waals surface area (Å²) in [7, 11) is 0. The van der Waals surface area contributed by atoms with Crippen molar-refractivity contribution in [3.63, 3.8) is 0 Å². The fourth-order valence-electron chi connectivity index (χ4n) is 3.56. The molecule has 0 bridgehead atoms. The minimum atomic E-state index is 0.775. The SMILES string of the molecule is Cc1nc(N2CCN(c3cccc4nncn34)CC2)c2ccncc2n1. The minimum Gasteiger partial charge on any atom is -0.354 e. The maximum absolute atomic E-state index is 4.71. The van der Waals surface area contributed by atoms with Crippen LogP contribution in [0.25, 0.3) is 16.6 Å². The van der Waals surface area contributed by atoms with Gasteiger partial charge in [0.25, 0.3) is 0 Å². The molecule has 0 atom stereocenters. The van der Waals surface area contributed by atoms with Crippen molar-refractivity contribution in [3.05, 3.63) is 48.8 Å². The van der Waals surface area contributed by atoms with Crippen LogP contribution in [0.2, 0.25) is 0 Å². The van der Waals surface area contributed by atoms with Crippen LogP contribution in [0.4, 0.5) is 11.6 Å². The van der Waals surface area contributed by atoms with Gasteiger partial charge in [-0.1, -0.05) is 6.07 Å². The lowest BCUT2D eigenvalue weighted by molar-refractivity contribution is 0.639. The summed E-state index contributed by atoms with van der Waals surface area (Å²) in [6.07, 6.45) is 5.37. The van der Waals surface area contributed by atoms with E-state index < -0.39 is 0 Å². The van der Waals surface area contributed by atoms with E-state index in [2.05, 4.69) is 36.0 Å². The predicted octanol–water partition coefficient (Wildman–Crippen LogP) is 1.70. The van der Waals surface area contributed by atoms with Crippen LogP contribution < -0.4 is 9.80 Å². The summed E-state index contributed by atoms with van der Waals surface area (Å²) < 4.78 is 2.03. The molecule has 0 amide bonds. The Balaban J connectivity index is 1.44. The quantitative estimate of drug-likeness (QED) is 0.547. The average Bonchev–Trinajstić information content (AvgIpc) is 3.16. The van der Waals surface area contributed by atoms with E-state index in [0.717, 1.165) is 60.2 Å². The van der Waals surface area contributed by atoms with Gasteiger partial charge in [0, 0.05) is 37.8 Å². The smallest absolute Gasteiger partial charge is 0.162 e. The van der Waals surface area contributed by atoms with Gasteiger partial charge in [-0.25, -0.2) is 9.97 Å². The number of hydrogen-bond donors (Lipinski definition) is 0. The van der Waals surface area contributed by atoms with Crippen LogP contribution in [-0.2, 0) is 0 Å². The maximum atomic E-state index is 4.71. The van der Waals surface area contributed by atoms with Crippen molar-refractivity contribution < 1.29 is 0 Å². The molecule has 0 aliphatic carbocycles. The van der Waals surface area contributed by atoms with E-state index >= 15 is 0 Å². The van der Waals surface area contributed by atoms with E-state index in [-0.39, 0.29) is 0 Å². The van der Waals surface area contributed by atoms with E-state index in [9.17, 15) is 0 Å². The first-order chi connectivity index (χ1) is 12.8. The van der Waals surface area contributed by atoms with Crippen molar-refractivity contribution in [2.24, 2.45) is 0 Å². The van der Waals surface area contributed by atoms with Crippen LogP contribution in [0, 0.1) is 6.92 Å². The summed E-state index contributed by atoms with van der Waals surface area (Å²) in [5.41, 5.74) is 1.77. The van der Waals surface area contributed by atoms with Gasteiger partial charge in [0.15, 0.2) is 5.65 Å². The van der Waals surface area contributed by atoms with Gasteiger partial charge < -0.3 is 9.80 Å². The number of pyridine rings is 2. The van der Waals surface area contributed by atoms with Crippen LogP contribution in [0.5, 0.6) is 0 Å². The zero-order chi connectivity index (χ0) is 17.5. The molecule has 0 N–H and O–H groups in total. The number of hydrogen-bond acceptors (Lipinski definition) is 7. The Morgan fingerprint density at radius 1 is 0.962 bits per heavy atom. The van der Waals surface area contributed by atoms with Gasteiger partial charge in [-0.2, -0.15) is 0 Å².